The molecule has 1 unspecified atom stereocenters. The van der Waals surface area contributed by atoms with E-state index in [1.807, 2.05) is 42.5 Å². The molecule has 4 rings (SSSR count). The molecule has 0 saturated heterocycles. The molecular formula is C23H18Cl2N2O2S. The number of hydrogen-bond donors (Lipinski definition) is 1. The lowest BCUT2D eigenvalue weighted by molar-refractivity contribution is -0.127. The van der Waals surface area contributed by atoms with Crippen molar-refractivity contribution in [3.05, 3.63) is 82.3 Å². The first-order chi connectivity index (χ1) is 14.5. The van der Waals surface area contributed by atoms with Gasteiger partial charge in [-0.25, -0.2) is 4.98 Å². The van der Waals surface area contributed by atoms with Gasteiger partial charge < -0.3 is 10.1 Å². The number of carbonyl (C=O) groups is 1. The fourth-order valence-electron chi connectivity index (χ4n) is 2.91. The Bertz CT molecular complexity index is 1160. The summed E-state index contributed by atoms with van der Waals surface area (Å²) in [6.45, 7) is 2.08. The molecule has 0 bridgehead atoms. The second kappa shape index (κ2) is 9.04. The molecule has 30 heavy (non-hydrogen) atoms. The second-order valence-corrected chi connectivity index (χ2v) is 8.61. The van der Waals surface area contributed by atoms with Gasteiger partial charge in [0.2, 0.25) is 0 Å². The van der Waals surface area contributed by atoms with Crippen LogP contribution < -0.4 is 10.1 Å². The van der Waals surface area contributed by atoms with Crippen LogP contribution in [0.3, 0.4) is 0 Å². The molecule has 0 saturated carbocycles. The highest BCUT2D eigenvalue weighted by atomic mass is 35.5. The Morgan fingerprint density at radius 1 is 1.10 bits per heavy atom. The summed E-state index contributed by atoms with van der Waals surface area (Å²) in [4.78, 5) is 17.0. The van der Waals surface area contributed by atoms with E-state index < -0.39 is 6.10 Å². The van der Waals surface area contributed by atoms with Crippen molar-refractivity contribution in [2.75, 3.05) is 0 Å². The Balaban J connectivity index is 1.35. The van der Waals surface area contributed by atoms with Crippen molar-refractivity contribution in [1.82, 2.24) is 10.3 Å². The average molecular weight is 457 g/mol. The minimum Gasteiger partial charge on any atom is -0.479 e. The Kier molecular flexibility index (Phi) is 6.23. The van der Waals surface area contributed by atoms with Crippen LogP contribution in [0.2, 0.25) is 10.0 Å². The van der Waals surface area contributed by atoms with Gasteiger partial charge in [0.05, 0.1) is 15.2 Å². The van der Waals surface area contributed by atoms with Gasteiger partial charge in [0.15, 0.2) is 6.10 Å². The maximum atomic E-state index is 12.4. The van der Waals surface area contributed by atoms with E-state index in [1.54, 1.807) is 36.5 Å². The number of halogens is 2. The summed E-state index contributed by atoms with van der Waals surface area (Å²) in [6.07, 6.45) is -0.689. The van der Waals surface area contributed by atoms with Crippen molar-refractivity contribution in [1.29, 1.82) is 0 Å². The highest BCUT2D eigenvalue weighted by Crippen LogP contribution is 2.30. The molecule has 0 aliphatic rings. The molecule has 1 atom stereocenters. The number of nitrogens with zero attached hydrogens (tertiary/aromatic N) is 1. The fourth-order valence-corrected chi connectivity index (χ4v) is 4.33. The number of thiazole rings is 1. The fraction of sp³-hybridized carbons (Fsp3) is 0.130. The van der Waals surface area contributed by atoms with Gasteiger partial charge >= 0.3 is 0 Å². The molecule has 0 radical (unpaired) electrons. The maximum absolute atomic E-state index is 12.4. The van der Waals surface area contributed by atoms with Gasteiger partial charge in [-0.2, -0.15) is 0 Å². The van der Waals surface area contributed by atoms with Gasteiger partial charge in [0.1, 0.15) is 10.8 Å². The van der Waals surface area contributed by atoms with Crippen LogP contribution in [-0.4, -0.2) is 17.0 Å². The van der Waals surface area contributed by atoms with Crippen LogP contribution in [0.1, 0.15) is 12.5 Å². The van der Waals surface area contributed by atoms with Crippen LogP contribution in [0.5, 0.6) is 5.75 Å². The second-order valence-electron chi connectivity index (χ2n) is 6.74. The first-order valence-electron chi connectivity index (χ1n) is 9.34. The Hall–Kier alpha value is -2.60. The van der Waals surface area contributed by atoms with Crippen LogP contribution in [0.15, 0.2) is 66.7 Å². The number of nitrogens with one attached hydrogen (secondary N) is 1. The van der Waals surface area contributed by atoms with E-state index in [2.05, 4.69) is 16.4 Å². The van der Waals surface area contributed by atoms with Crippen molar-refractivity contribution < 1.29 is 9.53 Å². The highest BCUT2D eigenvalue weighted by molar-refractivity contribution is 7.21. The van der Waals surface area contributed by atoms with E-state index in [9.17, 15) is 4.79 Å². The molecular weight excluding hydrogens is 439 g/mol. The van der Waals surface area contributed by atoms with Crippen LogP contribution in [0.25, 0.3) is 20.8 Å². The smallest absolute Gasteiger partial charge is 0.261 e. The van der Waals surface area contributed by atoms with E-state index in [-0.39, 0.29) is 5.91 Å². The SMILES string of the molecule is CC(Oc1ccc(Cl)cc1Cl)C(=O)NCc1ccc(-c2nc3ccccc3s2)cc1. The number of aromatic nitrogens is 1. The van der Waals surface area contributed by atoms with E-state index in [1.165, 1.54) is 4.70 Å². The van der Waals surface area contributed by atoms with E-state index in [4.69, 9.17) is 27.9 Å². The van der Waals surface area contributed by atoms with Gasteiger partial charge in [-0.05, 0) is 42.8 Å². The quantitative estimate of drug-likeness (QED) is 0.367. The van der Waals surface area contributed by atoms with Crippen LogP contribution in [0.4, 0.5) is 0 Å². The number of benzene rings is 3. The molecule has 0 fully saturated rings. The number of fused-ring (bicyclic) bond motifs is 1. The zero-order valence-corrected chi connectivity index (χ0v) is 18.4. The van der Waals surface area contributed by atoms with Crippen molar-refractivity contribution in [2.24, 2.45) is 0 Å². The molecule has 0 aliphatic carbocycles. The summed E-state index contributed by atoms with van der Waals surface area (Å²) < 4.78 is 6.81. The topological polar surface area (TPSA) is 51.2 Å². The lowest BCUT2D eigenvalue weighted by Gasteiger charge is -2.16. The van der Waals surface area contributed by atoms with Gasteiger partial charge in [-0.1, -0.05) is 59.6 Å². The van der Waals surface area contributed by atoms with Crippen molar-refractivity contribution in [2.45, 2.75) is 19.6 Å². The molecule has 0 spiro atoms. The number of hydrogen-bond acceptors (Lipinski definition) is 4. The molecule has 1 heterocycles. The van der Waals surface area contributed by atoms with Gasteiger partial charge in [0, 0.05) is 17.1 Å². The molecule has 3 aromatic carbocycles. The Morgan fingerprint density at radius 2 is 1.87 bits per heavy atom. The number of carbonyl (C=O) groups excluding carboxylic acids is 1. The summed E-state index contributed by atoms with van der Waals surface area (Å²) in [7, 11) is 0. The molecule has 4 aromatic rings. The van der Waals surface area contributed by atoms with Gasteiger partial charge in [-0.15, -0.1) is 11.3 Å². The summed E-state index contributed by atoms with van der Waals surface area (Å²) in [5.41, 5.74) is 3.05. The summed E-state index contributed by atoms with van der Waals surface area (Å²) >= 11 is 13.6. The third-order valence-corrected chi connectivity index (χ3v) is 6.14. The molecule has 1 aromatic heterocycles. The van der Waals surface area contributed by atoms with Gasteiger partial charge in [0.25, 0.3) is 5.91 Å². The molecule has 4 nitrogen and oxygen atoms in total. The number of rotatable bonds is 6. The Morgan fingerprint density at radius 3 is 2.60 bits per heavy atom. The van der Waals surface area contributed by atoms with Crippen molar-refractivity contribution in [3.8, 4) is 16.3 Å². The standard InChI is InChI=1S/C23H18Cl2N2O2S/c1-14(29-20-11-10-17(24)12-18(20)25)22(28)26-13-15-6-8-16(9-7-15)23-27-19-4-2-3-5-21(19)30-23/h2-12,14H,13H2,1H3,(H,26,28). The zero-order valence-electron chi connectivity index (χ0n) is 16.1. The third kappa shape index (κ3) is 4.75. The van der Waals surface area contributed by atoms with E-state index in [0.29, 0.717) is 22.3 Å². The third-order valence-electron chi connectivity index (χ3n) is 4.53. The molecule has 1 amide bonds. The van der Waals surface area contributed by atoms with Crippen LogP contribution >= 0.6 is 34.5 Å². The first-order valence-corrected chi connectivity index (χ1v) is 10.9. The minimum atomic E-state index is -0.689. The highest BCUT2D eigenvalue weighted by Gasteiger charge is 2.16. The van der Waals surface area contributed by atoms with Crippen molar-refractivity contribution >= 4 is 50.7 Å². The zero-order chi connectivity index (χ0) is 21.1. The monoisotopic (exact) mass is 456 g/mol. The van der Waals surface area contributed by atoms with Crippen LogP contribution in [0, 0.1) is 0 Å². The number of para-hydroxylation sites is 1. The average Bonchev–Trinajstić information content (AvgIpc) is 3.18. The first kappa shape index (κ1) is 20.7. The Labute approximate surface area is 188 Å². The molecule has 7 heteroatoms. The lowest BCUT2D eigenvalue weighted by Crippen LogP contribution is -2.35. The summed E-state index contributed by atoms with van der Waals surface area (Å²) in [6, 6.07) is 21.0. The molecule has 152 valence electrons. The van der Waals surface area contributed by atoms with E-state index in [0.717, 1.165) is 21.7 Å². The normalized spacial score (nSPS) is 12.0. The predicted molar refractivity (Wildman–Crippen MR) is 123 cm³/mol. The minimum absolute atomic E-state index is 0.226. The number of amides is 1. The summed E-state index contributed by atoms with van der Waals surface area (Å²) in [5, 5.41) is 4.75. The van der Waals surface area contributed by atoms with Gasteiger partial charge in [-0.3, -0.25) is 4.79 Å². The molecule has 1 N–H and O–H groups in total. The lowest BCUT2D eigenvalue weighted by atomic mass is 10.1. The van der Waals surface area contributed by atoms with E-state index >= 15 is 0 Å². The van der Waals surface area contributed by atoms with Crippen molar-refractivity contribution in [3.63, 3.8) is 0 Å². The largest absolute Gasteiger partial charge is 0.479 e. The summed E-state index contributed by atoms with van der Waals surface area (Å²) in [5.74, 6) is 0.195. The molecule has 0 aliphatic heterocycles. The predicted octanol–water partition coefficient (Wildman–Crippen LogP) is 6.35. The maximum Gasteiger partial charge on any atom is 0.261 e. The van der Waals surface area contributed by atoms with Crippen LogP contribution in [-0.2, 0) is 11.3 Å². The number of ether oxygens (including phenoxy) is 1.